The molecular formula is C16H24N4O3S. The minimum atomic E-state index is -2.97. The fourth-order valence-electron chi connectivity index (χ4n) is 2.51. The van der Waals surface area contributed by atoms with Gasteiger partial charge in [-0.2, -0.15) is 0 Å². The van der Waals surface area contributed by atoms with E-state index >= 15 is 0 Å². The molecule has 7 nitrogen and oxygen atoms in total. The number of nitrogens with one attached hydrogen (secondary N) is 3. The number of carbonyl (C=O) groups is 1. The van der Waals surface area contributed by atoms with Crippen LogP contribution in [0.2, 0.25) is 0 Å². The molecule has 0 saturated carbocycles. The molecule has 3 N–H and O–H groups in total. The van der Waals surface area contributed by atoms with Gasteiger partial charge in [-0.3, -0.25) is 9.79 Å². The summed E-state index contributed by atoms with van der Waals surface area (Å²) < 4.78 is 22.7. The van der Waals surface area contributed by atoms with Gasteiger partial charge >= 0.3 is 0 Å². The molecule has 1 amide bonds. The Labute approximate surface area is 142 Å². The Kier molecular flexibility index (Phi) is 6.60. The lowest BCUT2D eigenvalue weighted by atomic mass is 10.2. The highest BCUT2D eigenvalue weighted by Crippen LogP contribution is 2.11. The number of guanidine groups is 1. The van der Waals surface area contributed by atoms with Gasteiger partial charge in [0.25, 0.3) is 0 Å². The summed E-state index contributed by atoms with van der Waals surface area (Å²) in [5.41, 5.74) is 1.14. The van der Waals surface area contributed by atoms with Crippen LogP contribution in [-0.4, -0.2) is 51.4 Å². The van der Waals surface area contributed by atoms with Crippen molar-refractivity contribution < 1.29 is 13.2 Å². The molecule has 1 aliphatic heterocycles. The van der Waals surface area contributed by atoms with Gasteiger partial charge in [0, 0.05) is 32.6 Å². The second kappa shape index (κ2) is 8.68. The molecule has 0 bridgehead atoms. The first-order valence-electron chi connectivity index (χ1n) is 7.97. The molecule has 0 spiro atoms. The number of sulfone groups is 1. The maximum Gasteiger partial charge on any atom is 0.222 e. The van der Waals surface area contributed by atoms with Crippen LogP contribution in [0.3, 0.4) is 0 Å². The Morgan fingerprint density at radius 1 is 1.25 bits per heavy atom. The van der Waals surface area contributed by atoms with Crippen LogP contribution in [0.15, 0.2) is 35.3 Å². The van der Waals surface area contributed by atoms with Gasteiger partial charge in [-0.25, -0.2) is 8.42 Å². The summed E-state index contributed by atoms with van der Waals surface area (Å²) in [5.74, 6) is 0.678. The molecule has 132 valence electrons. The third-order valence-electron chi connectivity index (χ3n) is 3.77. The number of benzene rings is 1. The van der Waals surface area contributed by atoms with Gasteiger partial charge in [-0.1, -0.05) is 30.3 Å². The van der Waals surface area contributed by atoms with Crippen molar-refractivity contribution in [2.75, 3.05) is 25.1 Å². The van der Waals surface area contributed by atoms with Gasteiger partial charge in [0.1, 0.15) is 0 Å². The normalized spacial score (nSPS) is 19.7. The summed E-state index contributed by atoms with van der Waals surface area (Å²) in [5, 5.41) is 9.01. The fraction of sp³-hybridized carbons (Fsp3) is 0.500. The fourth-order valence-corrected chi connectivity index (χ4v) is 4.18. The molecule has 24 heavy (non-hydrogen) atoms. The van der Waals surface area contributed by atoms with Crippen LogP contribution in [0.4, 0.5) is 0 Å². The molecule has 1 heterocycles. The summed E-state index contributed by atoms with van der Waals surface area (Å²) >= 11 is 0. The average Bonchev–Trinajstić information content (AvgIpc) is 2.90. The highest BCUT2D eigenvalue weighted by Gasteiger charge is 2.28. The number of hydrogen-bond donors (Lipinski definition) is 3. The number of rotatable bonds is 6. The summed E-state index contributed by atoms with van der Waals surface area (Å²) in [6, 6.07) is 9.69. The van der Waals surface area contributed by atoms with Crippen LogP contribution >= 0.6 is 0 Å². The van der Waals surface area contributed by atoms with Gasteiger partial charge in [0.15, 0.2) is 15.8 Å². The predicted octanol–water partition coefficient (Wildman–Crippen LogP) is 0.0450. The largest absolute Gasteiger partial charge is 0.356 e. The van der Waals surface area contributed by atoms with Crippen LogP contribution in [0.1, 0.15) is 18.4 Å². The van der Waals surface area contributed by atoms with Crippen LogP contribution in [0, 0.1) is 0 Å². The first-order valence-corrected chi connectivity index (χ1v) is 9.79. The number of nitrogens with zero attached hydrogens (tertiary/aromatic N) is 1. The third-order valence-corrected chi connectivity index (χ3v) is 5.54. The second-order valence-corrected chi connectivity index (χ2v) is 7.98. The number of carbonyl (C=O) groups excluding carboxylic acids is 1. The summed E-state index contributed by atoms with van der Waals surface area (Å²) in [6.07, 6.45) is 0.768. The number of amides is 1. The van der Waals surface area contributed by atoms with Gasteiger partial charge in [0.05, 0.1) is 11.5 Å². The zero-order valence-corrected chi connectivity index (χ0v) is 14.6. The van der Waals surface area contributed by atoms with Crippen molar-refractivity contribution >= 4 is 21.7 Å². The Balaban J connectivity index is 1.65. The number of hydrogen-bond acceptors (Lipinski definition) is 4. The van der Waals surface area contributed by atoms with Crippen molar-refractivity contribution in [2.24, 2.45) is 4.99 Å². The Morgan fingerprint density at radius 3 is 2.62 bits per heavy atom. The minimum Gasteiger partial charge on any atom is -0.356 e. The molecule has 1 aliphatic rings. The lowest BCUT2D eigenvalue weighted by Gasteiger charge is -2.13. The van der Waals surface area contributed by atoms with E-state index < -0.39 is 9.84 Å². The van der Waals surface area contributed by atoms with Crippen molar-refractivity contribution in [3.63, 3.8) is 0 Å². The van der Waals surface area contributed by atoms with Gasteiger partial charge in [-0.05, 0) is 12.0 Å². The Hall–Kier alpha value is -2.09. The Bertz CT molecular complexity index is 674. The minimum absolute atomic E-state index is 0.0481. The summed E-state index contributed by atoms with van der Waals surface area (Å²) in [7, 11) is -1.30. The monoisotopic (exact) mass is 352 g/mol. The van der Waals surface area contributed by atoms with Gasteiger partial charge < -0.3 is 16.0 Å². The lowest BCUT2D eigenvalue weighted by molar-refractivity contribution is -0.121. The highest BCUT2D eigenvalue weighted by molar-refractivity contribution is 7.91. The van der Waals surface area contributed by atoms with E-state index in [1.165, 1.54) is 0 Å². The first-order chi connectivity index (χ1) is 11.5. The molecular weight excluding hydrogens is 328 g/mol. The molecule has 1 atom stereocenters. The van der Waals surface area contributed by atoms with Crippen molar-refractivity contribution in [3.05, 3.63) is 35.9 Å². The quantitative estimate of drug-likeness (QED) is 0.496. The molecule has 1 aromatic carbocycles. The van der Waals surface area contributed by atoms with Crippen molar-refractivity contribution in [2.45, 2.75) is 25.4 Å². The van der Waals surface area contributed by atoms with E-state index in [1.807, 2.05) is 30.3 Å². The van der Waals surface area contributed by atoms with E-state index in [2.05, 4.69) is 20.9 Å². The van der Waals surface area contributed by atoms with E-state index in [0.29, 0.717) is 25.5 Å². The van der Waals surface area contributed by atoms with Gasteiger partial charge in [-0.15, -0.1) is 0 Å². The molecule has 1 fully saturated rings. The average molecular weight is 352 g/mol. The second-order valence-electron chi connectivity index (χ2n) is 5.76. The van der Waals surface area contributed by atoms with Crippen LogP contribution in [0.5, 0.6) is 0 Å². The maximum absolute atomic E-state index is 11.9. The van der Waals surface area contributed by atoms with Gasteiger partial charge in [0.2, 0.25) is 5.91 Å². The van der Waals surface area contributed by atoms with Crippen LogP contribution in [-0.2, 0) is 21.2 Å². The topological polar surface area (TPSA) is 99.7 Å². The molecule has 0 aliphatic carbocycles. The molecule has 0 radical (unpaired) electrons. The molecule has 0 aromatic heterocycles. The zero-order chi connectivity index (χ0) is 17.4. The van der Waals surface area contributed by atoms with Crippen LogP contribution < -0.4 is 16.0 Å². The third kappa shape index (κ3) is 6.19. The molecule has 1 saturated heterocycles. The summed E-state index contributed by atoms with van der Waals surface area (Å²) in [4.78, 5) is 16.0. The lowest BCUT2D eigenvalue weighted by Crippen LogP contribution is -2.40. The van der Waals surface area contributed by atoms with Crippen molar-refractivity contribution in [1.82, 2.24) is 16.0 Å². The zero-order valence-electron chi connectivity index (χ0n) is 13.8. The highest BCUT2D eigenvalue weighted by atomic mass is 32.2. The molecule has 1 unspecified atom stereocenters. The van der Waals surface area contributed by atoms with Crippen LogP contribution in [0.25, 0.3) is 0 Å². The van der Waals surface area contributed by atoms with Crippen molar-refractivity contribution in [3.8, 4) is 0 Å². The maximum atomic E-state index is 11.9. The van der Waals surface area contributed by atoms with Crippen molar-refractivity contribution in [1.29, 1.82) is 0 Å². The molecule has 8 heteroatoms. The van der Waals surface area contributed by atoms with E-state index in [0.717, 1.165) is 5.56 Å². The first kappa shape index (κ1) is 18.3. The van der Waals surface area contributed by atoms with E-state index in [4.69, 9.17) is 0 Å². The summed E-state index contributed by atoms with van der Waals surface area (Å²) in [6.45, 7) is 1.08. The Morgan fingerprint density at radius 2 is 2.00 bits per heavy atom. The number of aliphatic imine (C=N–C) groups is 1. The SMILES string of the molecule is CN=C(NCCC(=O)NC1CCS(=O)(=O)C1)NCc1ccccc1. The molecule has 1 aromatic rings. The molecule has 2 rings (SSSR count). The van der Waals surface area contributed by atoms with E-state index in [1.54, 1.807) is 7.05 Å². The standard InChI is InChI=1S/C16H24N4O3S/c1-17-16(19-11-13-5-3-2-4-6-13)18-9-7-15(21)20-14-8-10-24(22,23)12-14/h2-6,14H,7-12H2,1H3,(H,20,21)(H2,17,18,19). The van der Waals surface area contributed by atoms with E-state index in [9.17, 15) is 13.2 Å². The van der Waals surface area contributed by atoms with E-state index in [-0.39, 0.29) is 29.9 Å². The predicted molar refractivity (Wildman–Crippen MR) is 94.5 cm³/mol. The smallest absolute Gasteiger partial charge is 0.222 e.